The standard InChI is InChI=1S/C15H23NO4/c1-12-5-6-13(20-12)7-8-16-15(17)11-18-10-14-4-2-3-9-19-14/h5-6,14H,2-4,7-11H2,1H3,(H,16,17). The van der Waals surface area contributed by atoms with E-state index < -0.39 is 0 Å². The van der Waals surface area contributed by atoms with Gasteiger partial charge in [0.2, 0.25) is 5.91 Å². The second-order valence-corrected chi connectivity index (χ2v) is 5.12. The van der Waals surface area contributed by atoms with Crippen LogP contribution in [0.4, 0.5) is 0 Å². The molecule has 0 saturated carbocycles. The molecule has 5 nitrogen and oxygen atoms in total. The molecule has 1 amide bonds. The van der Waals surface area contributed by atoms with Crippen molar-refractivity contribution in [2.75, 3.05) is 26.4 Å². The van der Waals surface area contributed by atoms with E-state index in [-0.39, 0.29) is 18.6 Å². The van der Waals surface area contributed by atoms with Crippen LogP contribution in [0, 0.1) is 6.92 Å². The molecule has 0 aliphatic carbocycles. The fourth-order valence-electron chi connectivity index (χ4n) is 2.22. The zero-order valence-electron chi connectivity index (χ0n) is 12.0. The maximum atomic E-state index is 11.6. The van der Waals surface area contributed by atoms with Crippen LogP contribution in [0.3, 0.4) is 0 Å². The van der Waals surface area contributed by atoms with Crippen molar-refractivity contribution < 1.29 is 18.7 Å². The predicted octanol–water partition coefficient (Wildman–Crippen LogP) is 1.83. The molecule has 112 valence electrons. The molecule has 1 aromatic rings. The highest BCUT2D eigenvalue weighted by atomic mass is 16.5. The Bertz CT molecular complexity index is 410. The SMILES string of the molecule is Cc1ccc(CCNC(=O)COCC2CCCCO2)o1. The van der Waals surface area contributed by atoms with Gasteiger partial charge in [0.05, 0.1) is 12.7 Å². The third-order valence-corrected chi connectivity index (χ3v) is 3.30. The number of aryl methyl sites for hydroxylation is 1. The molecule has 20 heavy (non-hydrogen) atoms. The average molecular weight is 281 g/mol. The van der Waals surface area contributed by atoms with E-state index in [1.54, 1.807) is 0 Å². The second kappa shape index (κ2) is 8.07. The van der Waals surface area contributed by atoms with Crippen molar-refractivity contribution in [3.05, 3.63) is 23.7 Å². The van der Waals surface area contributed by atoms with Crippen molar-refractivity contribution >= 4 is 5.91 Å². The van der Waals surface area contributed by atoms with Crippen molar-refractivity contribution in [3.8, 4) is 0 Å². The van der Waals surface area contributed by atoms with Crippen LogP contribution in [-0.4, -0.2) is 38.4 Å². The van der Waals surface area contributed by atoms with E-state index in [0.29, 0.717) is 19.6 Å². The lowest BCUT2D eigenvalue weighted by molar-refractivity contribution is -0.127. The summed E-state index contributed by atoms with van der Waals surface area (Å²) < 4.78 is 16.3. The molecule has 1 N–H and O–H groups in total. The monoisotopic (exact) mass is 281 g/mol. The summed E-state index contributed by atoms with van der Waals surface area (Å²) in [7, 11) is 0. The Kier molecular flexibility index (Phi) is 6.08. The van der Waals surface area contributed by atoms with Crippen LogP contribution in [0.2, 0.25) is 0 Å². The van der Waals surface area contributed by atoms with Crippen LogP contribution >= 0.6 is 0 Å². The van der Waals surface area contributed by atoms with E-state index in [1.165, 1.54) is 6.42 Å². The van der Waals surface area contributed by atoms with Crippen LogP contribution < -0.4 is 5.32 Å². The summed E-state index contributed by atoms with van der Waals surface area (Å²) in [6.45, 7) is 3.88. The molecule has 0 spiro atoms. The molecular formula is C15H23NO4. The van der Waals surface area contributed by atoms with E-state index in [4.69, 9.17) is 13.9 Å². The quantitative estimate of drug-likeness (QED) is 0.828. The predicted molar refractivity (Wildman–Crippen MR) is 74.6 cm³/mol. The van der Waals surface area contributed by atoms with Crippen molar-refractivity contribution in [1.82, 2.24) is 5.32 Å². The van der Waals surface area contributed by atoms with E-state index in [2.05, 4.69) is 5.32 Å². The number of hydrogen-bond donors (Lipinski definition) is 1. The van der Waals surface area contributed by atoms with E-state index in [9.17, 15) is 4.79 Å². The Labute approximate surface area is 119 Å². The van der Waals surface area contributed by atoms with Gasteiger partial charge in [0, 0.05) is 19.6 Å². The summed E-state index contributed by atoms with van der Waals surface area (Å²) in [6, 6.07) is 3.85. The highest BCUT2D eigenvalue weighted by Crippen LogP contribution is 2.12. The molecule has 1 aliphatic rings. The van der Waals surface area contributed by atoms with Gasteiger partial charge in [-0.3, -0.25) is 4.79 Å². The van der Waals surface area contributed by atoms with Crippen LogP contribution in [0.5, 0.6) is 0 Å². The first kappa shape index (κ1) is 15.1. The Morgan fingerprint density at radius 3 is 3.05 bits per heavy atom. The number of hydrogen-bond acceptors (Lipinski definition) is 4. The van der Waals surface area contributed by atoms with Gasteiger partial charge in [0.1, 0.15) is 18.1 Å². The van der Waals surface area contributed by atoms with E-state index in [1.807, 2.05) is 19.1 Å². The van der Waals surface area contributed by atoms with Gasteiger partial charge in [0.25, 0.3) is 0 Å². The smallest absolute Gasteiger partial charge is 0.246 e. The average Bonchev–Trinajstić information content (AvgIpc) is 2.86. The Morgan fingerprint density at radius 2 is 2.35 bits per heavy atom. The van der Waals surface area contributed by atoms with Crippen molar-refractivity contribution in [3.63, 3.8) is 0 Å². The zero-order chi connectivity index (χ0) is 14.2. The topological polar surface area (TPSA) is 60.7 Å². The minimum Gasteiger partial charge on any atom is -0.466 e. The van der Waals surface area contributed by atoms with Gasteiger partial charge in [-0.15, -0.1) is 0 Å². The van der Waals surface area contributed by atoms with Gasteiger partial charge in [-0.1, -0.05) is 0 Å². The summed E-state index contributed by atoms with van der Waals surface area (Å²) in [5, 5.41) is 2.81. The normalized spacial score (nSPS) is 18.9. The number of carbonyl (C=O) groups is 1. The minimum absolute atomic E-state index is 0.0934. The fourth-order valence-corrected chi connectivity index (χ4v) is 2.22. The van der Waals surface area contributed by atoms with Gasteiger partial charge in [-0.25, -0.2) is 0 Å². The number of ether oxygens (including phenoxy) is 2. The Balaban J connectivity index is 1.51. The van der Waals surface area contributed by atoms with Gasteiger partial charge < -0.3 is 19.2 Å². The van der Waals surface area contributed by atoms with E-state index >= 15 is 0 Å². The molecule has 2 rings (SSSR count). The lowest BCUT2D eigenvalue weighted by Gasteiger charge is -2.22. The third kappa shape index (κ3) is 5.35. The Morgan fingerprint density at radius 1 is 1.45 bits per heavy atom. The summed E-state index contributed by atoms with van der Waals surface area (Å²) >= 11 is 0. The first-order chi connectivity index (χ1) is 9.74. The number of furan rings is 1. The van der Waals surface area contributed by atoms with Crippen LogP contribution in [0.1, 0.15) is 30.8 Å². The molecule has 0 bridgehead atoms. The van der Waals surface area contributed by atoms with Gasteiger partial charge in [-0.2, -0.15) is 0 Å². The third-order valence-electron chi connectivity index (χ3n) is 3.30. The van der Waals surface area contributed by atoms with Crippen LogP contribution in [0.25, 0.3) is 0 Å². The van der Waals surface area contributed by atoms with Gasteiger partial charge >= 0.3 is 0 Å². The summed E-state index contributed by atoms with van der Waals surface area (Å²) in [6.07, 6.45) is 4.19. The largest absolute Gasteiger partial charge is 0.466 e. The molecule has 0 aromatic carbocycles. The molecule has 2 heterocycles. The summed E-state index contributed by atoms with van der Waals surface area (Å²) in [5.74, 6) is 1.69. The molecule has 5 heteroatoms. The van der Waals surface area contributed by atoms with E-state index in [0.717, 1.165) is 31.0 Å². The second-order valence-electron chi connectivity index (χ2n) is 5.12. The fraction of sp³-hybridized carbons (Fsp3) is 0.667. The first-order valence-corrected chi connectivity index (χ1v) is 7.25. The Hall–Kier alpha value is -1.33. The zero-order valence-corrected chi connectivity index (χ0v) is 12.0. The maximum absolute atomic E-state index is 11.6. The number of amides is 1. The molecule has 1 fully saturated rings. The molecule has 1 aliphatic heterocycles. The molecular weight excluding hydrogens is 258 g/mol. The van der Waals surface area contributed by atoms with Gasteiger partial charge in [-0.05, 0) is 38.3 Å². The molecule has 1 saturated heterocycles. The highest BCUT2D eigenvalue weighted by molar-refractivity contribution is 5.77. The highest BCUT2D eigenvalue weighted by Gasteiger charge is 2.14. The number of nitrogens with one attached hydrogen (secondary N) is 1. The minimum atomic E-state index is -0.0934. The molecule has 1 unspecified atom stereocenters. The summed E-state index contributed by atoms with van der Waals surface area (Å²) in [5.41, 5.74) is 0. The number of rotatable bonds is 7. The van der Waals surface area contributed by atoms with Crippen molar-refractivity contribution in [2.45, 2.75) is 38.7 Å². The lowest BCUT2D eigenvalue weighted by Crippen LogP contribution is -2.32. The molecule has 1 aromatic heterocycles. The van der Waals surface area contributed by atoms with Crippen LogP contribution in [-0.2, 0) is 20.7 Å². The lowest BCUT2D eigenvalue weighted by atomic mass is 10.1. The first-order valence-electron chi connectivity index (χ1n) is 7.25. The van der Waals surface area contributed by atoms with Crippen molar-refractivity contribution in [1.29, 1.82) is 0 Å². The number of carbonyl (C=O) groups excluding carboxylic acids is 1. The molecule has 0 radical (unpaired) electrons. The van der Waals surface area contributed by atoms with Gasteiger partial charge in [0.15, 0.2) is 0 Å². The van der Waals surface area contributed by atoms with Crippen molar-refractivity contribution in [2.24, 2.45) is 0 Å². The summed E-state index contributed by atoms with van der Waals surface area (Å²) in [4.78, 5) is 11.6. The molecule has 1 atom stereocenters. The maximum Gasteiger partial charge on any atom is 0.246 e. The van der Waals surface area contributed by atoms with Crippen LogP contribution in [0.15, 0.2) is 16.5 Å².